The number of carbonyl (C=O) groups excluding carboxylic acids is 1. The summed E-state index contributed by atoms with van der Waals surface area (Å²) in [6.07, 6.45) is 0. The summed E-state index contributed by atoms with van der Waals surface area (Å²) >= 11 is 0. The first-order valence-electron chi connectivity index (χ1n) is 5.94. The molecule has 1 fully saturated rings. The molecule has 0 heterocycles. The lowest BCUT2D eigenvalue weighted by atomic mass is 10.0. The standard InChI is InChI=1S/C14H20N2O/c1-13(2)11(14(13,3)4)12(17)16-10-8-6-5-7-9(10)15/h5-8,11H,15H2,1-4H3,(H,16,17). The smallest absolute Gasteiger partial charge is 0.228 e. The average Bonchev–Trinajstić information content (AvgIpc) is 2.61. The normalized spacial score (nSPS) is 20.9. The third-order valence-corrected chi connectivity index (χ3v) is 4.50. The Morgan fingerprint density at radius 3 is 2.18 bits per heavy atom. The molecular formula is C14H20N2O. The van der Waals surface area contributed by atoms with Crippen molar-refractivity contribution in [1.82, 2.24) is 0 Å². The van der Waals surface area contributed by atoms with E-state index >= 15 is 0 Å². The molecule has 3 heteroatoms. The monoisotopic (exact) mass is 232 g/mol. The van der Waals surface area contributed by atoms with Gasteiger partial charge in [0.05, 0.1) is 11.4 Å². The van der Waals surface area contributed by atoms with E-state index in [0.717, 1.165) is 0 Å². The van der Waals surface area contributed by atoms with Gasteiger partial charge < -0.3 is 11.1 Å². The van der Waals surface area contributed by atoms with Gasteiger partial charge >= 0.3 is 0 Å². The highest BCUT2D eigenvalue weighted by Gasteiger charge is 2.68. The van der Waals surface area contributed by atoms with Crippen LogP contribution in [0.3, 0.4) is 0 Å². The molecular weight excluding hydrogens is 212 g/mol. The molecule has 2 rings (SSSR count). The van der Waals surface area contributed by atoms with Crippen LogP contribution in [0, 0.1) is 16.7 Å². The van der Waals surface area contributed by atoms with Crippen molar-refractivity contribution >= 4 is 17.3 Å². The quantitative estimate of drug-likeness (QED) is 0.770. The molecule has 0 radical (unpaired) electrons. The van der Waals surface area contributed by atoms with Gasteiger partial charge in [0, 0.05) is 5.92 Å². The van der Waals surface area contributed by atoms with Crippen molar-refractivity contribution in [2.45, 2.75) is 27.7 Å². The minimum absolute atomic E-state index is 0.0506. The van der Waals surface area contributed by atoms with Gasteiger partial charge in [-0.15, -0.1) is 0 Å². The van der Waals surface area contributed by atoms with Crippen molar-refractivity contribution in [3.05, 3.63) is 24.3 Å². The maximum Gasteiger partial charge on any atom is 0.228 e. The van der Waals surface area contributed by atoms with Crippen molar-refractivity contribution in [3.63, 3.8) is 0 Å². The number of nitrogens with two attached hydrogens (primary N) is 1. The van der Waals surface area contributed by atoms with Gasteiger partial charge in [0.2, 0.25) is 5.91 Å². The lowest BCUT2D eigenvalue weighted by Gasteiger charge is -2.08. The van der Waals surface area contributed by atoms with Crippen molar-refractivity contribution in [2.24, 2.45) is 16.7 Å². The van der Waals surface area contributed by atoms with E-state index in [2.05, 4.69) is 33.0 Å². The maximum absolute atomic E-state index is 12.2. The predicted molar refractivity (Wildman–Crippen MR) is 70.5 cm³/mol. The predicted octanol–water partition coefficient (Wildman–Crippen LogP) is 2.89. The molecule has 0 unspecified atom stereocenters. The van der Waals surface area contributed by atoms with Crippen LogP contribution in [-0.2, 0) is 4.79 Å². The SMILES string of the molecule is CC1(C)C(C(=O)Nc2ccccc2N)C1(C)C. The molecule has 1 aliphatic carbocycles. The molecule has 1 aromatic rings. The fourth-order valence-corrected chi connectivity index (χ4v) is 2.67. The van der Waals surface area contributed by atoms with Gasteiger partial charge in [-0.05, 0) is 23.0 Å². The van der Waals surface area contributed by atoms with Gasteiger partial charge in [-0.25, -0.2) is 0 Å². The first kappa shape index (κ1) is 12.0. The van der Waals surface area contributed by atoms with Crippen LogP contribution in [0.15, 0.2) is 24.3 Å². The van der Waals surface area contributed by atoms with Gasteiger partial charge in [0.25, 0.3) is 0 Å². The second kappa shape index (κ2) is 3.49. The number of amides is 1. The number of rotatable bonds is 2. The number of anilines is 2. The minimum Gasteiger partial charge on any atom is -0.397 e. The summed E-state index contributed by atoms with van der Waals surface area (Å²) in [5.74, 6) is 0.118. The van der Waals surface area contributed by atoms with Crippen LogP contribution in [0.1, 0.15) is 27.7 Å². The third-order valence-electron chi connectivity index (χ3n) is 4.50. The topological polar surface area (TPSA) is 55.1 Å². The number of carbonyl (C=O) groups is 1. The first-order chi connectivity index (χ1) is 7.78. The minimum atomic E-state index is 0.0506. The molecule has 0 atom stereocenters. The molecule has 0 spiro atoms. The maximum atomic E-state index is 12.2. The van der Waals surface area contributed by atoms with E-state index in [-0.39, 0.29) is 22.7 Å². The molecule has 0 saturated heterocycles. The van der Waals surface area contributed by atoms with E-state index in [1.54, 1.807) is 6.07 Å². The van der Waals surface area contributed by atoms with Gasteiger partial charge in [-0.2, -0.15) is 0 Å². The van der Waals surface area contributed by atoms with E-state index in [0.29, 0.717) is 11.4 Å². The number of nitrogen functional groups attached to an aromatic ring is 1. The van der Waals surface area contributed by atoms with Crippen LogP contribution in [0.5, 0.6) is 0 Å². The summed E-state index contributed by atoms with van der Waals surface area (Å²) < 4.78 is 0. The highest BCUT2D eigenvalue weighted by Crippen LogP contribution is 2.68. The summed E-state index contributed by atoms with van der Waals surface area (Å²) in [4.78, 5) is 12.2. The number of benzene rings is 1. The lowest BCUT2D eigenvalue weighted by molar-refractivity contribution is -0.118. The van der Waals surface area contributed by atoms with Crippen molar-refractivity contribution in [1.29, 1.82) is 0 Å². The zero-order valence-electron chi connectivity index (χ0n) is 10.9. The van der Waals surface area contributed by atoms with E-state index in [1.807, 2.05) is 18.2 Å². The number of para-hydroxylation sites is 2. The second-order valence-electron chi connectivity index (χ2n) is 5.95. The van der Waals surface area contributed by atoms with Gasteiger partial charge in [0.15, 0.2) is 0 Å². The van der Waals surface area contributed by atoms with E-state index in [4.69, 9.17) is 5.73 Å². The van der Waals surface area contributed by atoms with E-state index < -0.39 is 0 Å². The molecule has 92 valence electrons. The molecule has 3 nitrogen and oxygen atoms in total. The van der Waals surface area contributed by atoms with Crippen LogP contribution in [-0.4, -0.2) is 5.91 Å². The van der Waals surface area contributed by atoms with Crippen molar-refractivity contribution in [2.75, 3.05) is 11.1 Å². The van der Waals surface area contributed by atoms with Gasteiger partial charge in [0.1, 0.15) is 0 Å². The first-order valence-corrected chi connectivity index (χ1v) is 5.94. The molecule has 1 aromatic carbocycles. The van der Waals surface area contributed by atoms with E-state index in [9.17, 15) is 4.79 Å². The van der Waals surface area contributed by atoms with E-state index in [1.165, 1.54) is 0 Å². The fraction of sp³-hybridized carbons (Fsp3) is 0.500. The zero-order valence-corrected chi connectivity index (χ0v) is 10.9. The molecule has 1 saturated carbocycles. The highest BCUT2D eigenvalue weighted by atomic mass is 16.2. The van der Waals surface area contributed by atoms with Crippen molar-refractivity contribution < 1.29 is 4.79 Å². The number of hydrogen-bond donors (Lipinski definition) is 2. The Morgan fingerprint density at radius 1 is 1.18 bits per heavy atom. The Balaban J connectivity index is 2.13. The molecule has 3 N–H and O–H groups in total. The summed E-state index contributed by atoms with van der Waals surface area (Å²) in [6, 6.07) is 7.35. The second-order valence-corrected chi connectivity index (χ2v) is 5.95. The summed E-state index contributed by atoms with van der Waals surface area (Å²) in [5, 5.41) is 2.92. The summed E-state index contributed by atoms with van der Waals surface area (Å²) in [5.41, 5.74) is 7.24. The zero-order chi connectivity index (χ0) is 12.8. The third kappa shape index (κ3) is 1.70. The van der Waals surface area contributed by atoms with Crippen LogP contribution in [0.2, 0.25) is 0 Å². The lowest BCUT2D eigenvalue weighted by Crippen LogP contribution is -2.18. The Bertz CT molecular complexity index is 449. The molecule has 0 aliphatic heterocycles. The van der Waals surface area contributed by atoms with Crippen LogP contribution >= 0.6 is 0 Å². The molecule has 17 heavy (non-hydrogen) atoms. The highest BCUT2D eigenvalue weighted by molar-refractivity contribution is 5.98. The largest absolute Gasteiger partial charge is 0.397 e. The molecule has 0 bridgehead atoms. The molecule has 1 aliphatic rings. The Kier molecular flexibility index (Phi) is 2.45. The Labute approximate surface area is 102 Å². The molecule has 1 amide bonds. The number of hydrogen-bond acceptors (Lipinski definition) is 2. The fourth-order valence-electron chi connectivity index (χ4n) is 2.67. The average molecular weight is 232 g/mol. The Morgan fingerprint density at radius 2 is 1.71 bits per heavy atom. The molecule has 0 aromatic heterocycles. The summed E-state index contributed by atoms with van der Waals surface area (Å²) in [6.45, 7) is 8.52. The summed E-state index contributed by atoms with van der Waals surface area (Å²) in [7, 11) is 0. The number of nitrogens with one attached hydrogen (secondary N) is 1. The van der Waals surface area contributed by atoms with Crippen LogP contribution in [0.25, 0.3) is 0 Å². The van der Waals surface area contributed by atoms with Crippen molar-refractivity contribution in [3.8, 4) is 0 Å². The Hall–Kier alpha value is -1.51. The van der Waals surface area contributed by atoms with Gasteiger partial charge in [-0.1, -0.05) is 39.8 Å². The van der Waals surface area contributed by atoms with Crippen LogP contribution < -0.4 is 11.1 Å². The van der Waals surface area contributed by atoms with Crippen LogP contribution in [0.4, 0.5) is 11.4 Å². The van der Waals surface area contributed by atoms with Gasteiger partial charge in [-0.3, -0.25) is 4.79 Å².